The predicted octanol–water partition coefficient (Wildman–Crippen LogP) is 4.36. The largest absolute Gasteiger partial charge is 0.490 e. The molecule has 2 aliphatic rings. The molecular weight excluding hydrogens is 451 g/mol. The van der Waals surface area contributed by atoms with Crippen molar-refractivity contribution in [2.75, 3.05) is 20.2 Å². The van der Waals surface area contributed by atoms with Crippen LogP contribution in [-0.2, 0) is 33.8 Å². The summed E-state index contributed by atoms with van der Waals surface area (Å²) in [6, 6.07) is 8.38. The highest BCUT2D eigenvalue weighted by Crippen LogP contribution is 2.30. The molecular formula is C24H30F3N3O4. The highest BCUT2D eigenvalue weighted by molar-refractivity contribution is 5.79. The first kappa shape index (κ1) is 25.7. The summed E-state index contributed by atoms with van der Waals surface area (Å²) in [5.41, 5.74) is 5.74. The van der Waals surface area contributed by atoms with Crippen molar-refractivity contribution in [3.8, 4) is 11.3 Å². The number of carboxylic acid groups (broad SMARTS) is 1. The molecule has 7 nitrogen and oxygen atoms in total. The van der Waals surface area contributed by atoms with Gasteiger partial charge in [-0.15, -0.1) is 0 Å². The molecule has 0 atom stereocenters. The van der Waals surface area contributed by atoms with E-state index in [1.165, 1.54) is 30.5 Å². The minimum absolute atomic E-state index is 0.249. The second-order valence-electron chi connectivity index (χ2n) is 8.63. The van der Waals surface area contributed by atoms with Crippen LogP contribution in [0.15, 0.2) is 24.3 Å². The Morgan fingerprint density at radius 3 is 2.50 bits per heavy atom. The van der Waals surface area contributed by atoms with E-state index in [0.717, 1.165) is 55.6 Å². The average Bonchev–Trinajstić information content (AvgIpc) is 3.11. The lowest BCUT2D eigenvalue weighted by Crippen LogP contribution is -2.38. The minimum Gasteiger partial charge on any atom is -0.475 e. The molecule has 1 amide bonds. The number of ether oxygens (including phenoxy) is 1. The fourth-order valence-electron chi connectivity index (χ4n) is 4.52. The van der Waals surface area contributed by atoms with Gasteiger partial charge in [-0.25, -0.2) is 4.79 Å². The first-order valence-corrected chi connectivity index (χ1v) is 11.4. The van der Waals surface area contributed by atoms with E-state index in [2.05, 4.69) is 39.4 Å². The van der Waals surface area contributed by atoms with Crippen molar-refractivity contribution in [2.45, 2.75) is 57.7 Å². The number of H-pyrrole nitrogens is 1. The summed E-state index contributed by atoms with van der Waals surface area (Å²) in [7, 11) is 1.71. The quantitative estimate of drug-likeness (QED) is 0.677. The maximum absolute atomic E-state index is 12.9. The topological polar surface area (TPSA) is 95.5 Å². The number of hydrogen-bond donors (Lipinski definition) is 2. The van der Waals surface area contributed by atoms with E-state index in [1.807, 2.05) is 0 Å². The molecule has 34 heavy (non-hydrogen) atoms. The molecule has 2 aromatic rings. The number of amides is 1. The smallest absolute Gasteiger partial charge is 0.475 e. The molecule has 10 heteroatoms. The van der Waals surface area contributed by atoms with Crippen molar-refractivity contribution in [1.29, 1.82) is 0 Å². The first-order valence-electron chi connectivity index (χ1n) is 11.4. The van der Waals surface area contributed by atoms with Gasteiger partial charge in [-0.2, -0.15) is 18.3 Å². The van der Waals surface area contributed by atoms with Crippen LogP contribution in [0.1, 0.15) is 48.9 Å². The van der Waals surface area contributed by atoms with Crippen molar-refractivity contribution in [1.82, 2.24) is 15.1 Å². The third kappa shape index (κ3) is 6.59. The van der Waals surface area contributed by atoms with Crippen LogP contribution in [0.4, 0.5) is 13.2 Å². The number of fused-ring (bicyclic) bond motifs is 1. The van der Waals surface area contributed by atoms with Gasteiger partial charge in [0.05, 0.1) is 12.3 Å². The number of benzene rings is 1. The maximum Gasteiger partial charge on any atom is 0.490 e. The molecule has 0 unspecified atom stereocenters. The van der Waals surface area contributed by atoms with Crippen LogP contribution < -0.4 is 0 Å². The molecule has 2 heterocycles. The molecule has 0 spiro atoms. The summed E-state index contributed by atoms with van der Waals surface area (Å²) in [5.74, 6) is -2.14. The van der Waals surface area contributed by atoms with Gasteiger partial charge in [-0.3, -0.25) is 9.89 Å². The van der Waals surface area contributed by atoms with Gasteiger partial charge in [0.25, 0.3) is 0 Å². The molecule has 4 rings (SSSR count). The monoisotopic (exact) mass is 481 g/mol. The first-order chi connectivity index (χ1) is 16.2. The summed E-state index contributed by atoms with van der Waals surface area (Å²) in [6.45, 7) is 2.20. The summed E-state index contributed by atoms with van der Waals surface area (Å²) >= 11 is 0. The number of carbonyl (C=O) groups is 2. The Hall–Kier alpha value is -2.88. The van der Waals surface area contributed by atoms with Crippen LogP contribution in [0, 0.1) is 5.92 Å². The van der Waals surface area contributed by atoms with Gasteiger partial charge < -0.3 is 14.7 Å². The van der Waals surface area contributed by atoms with E-state index >= 15 is 0 Å². The lowest BCUT2D eigenvalue weighted by Gasteiger charge is -2.28. The number of nitrogens with one attached hydrogen (secondary N) is 1. The summed E-state index contributed by atoms with van der Waals surface area (Å²) in [6.07, 6.45) is 2.47. The van der Waals surface area contributed by atoms with E-state index < -0.39 is 12.1 Å². The molecule has 186 valence electrons. The Morgan fingerprint density at radius 2 is 1.85 bits per heavy atom. The zero-order chi connectivity index (χ0) is 24.7. The zero-order valence-electron chi connectivity index (χ0n) is 19.2. The molecule has 0 radical (unpaired) electrons. The molecule has 1 fully saturated rings. The number of halogens is 3. The molecule has 2 N–H and O–H groups in total. The average molecular weight is 482 g/mol. The number of aliphatic carboxylic acids is 1. The minimum atomic E-state index is -5.08. The van der Waals surface area contributed by atoms with Crippen LogP contribution >= 0.6 is 0 Å². The Bertz CT molecular complexity index is 984. The van der Waals surface area contributed by atoms with Crippen molar-refractivity contribution in [3.63, 3.8) is 0 Å². The van der Waals surface area contributed by atoms with Crippen LogP contribution in [0.5, 0.6) is 0 Å². The van der Waals surface area contributed by atoms with Crippen molar-refractivity contribution in [2.24, 2.45) is 5.92 Å². The third-order valence-electron chi connectivity index (χ3n) is 6.24. The van der Waals surface area contributed by atoms with Gasteiger partial charge >= 0.3 is 12.1 Å². The number of aromatic nitrogens is 2. The fraction of sp³-hybridized carbons (Fsp3) is 0.542. The number of hydrogen-bond acceptors (Lipinski definition) is 4. The summed E-state index contributed by atoms with van der Waals surface area (Å²) < 4.78 is 37.0. The Balaban J connectivity index is 0.000000406. The third-order valence-corrected chi connectivity index (χ3v) is 6.24. The Kier molecular flexibility index (Phi) is 8.71. The van der Waals surface area contributed by atoms with Gasteiger partial charge in [0.15, 0.2) is 0 Å². The van der Waals surface area contributed by atoms with E-state index in [4.69, 9.17) is 14.6 Å². The van der Waals surface area contributed by atoms with E-state index in [0.29, 0.717) is 12.5 Å². The lowest BCUT2D eigenvalue weighted by atomic mass is 9.88. The maximum atomic E-state index is 12.9. The Labute approximate surface area is 196 Å². The number of methoxy groups -OCH3 is 1. The van der Waals surface area contributed by atoms with Crippen molar-refractivity contribution < 1.29 is 32.6 Å². The number of carbonyl (C=O) groups excluding carboxylic acids is 1. The van der Waals surface area contributed by atoms with Crippen LogP contribution in [0.25, 0.3) is 11.3 Å². The van der Waals surface area contributed by atoms with E-state index in [1.54, 1.807) is 7.11 Å². The van der Waals surface area contributed by atoms with Crippen molar-refractivity contribution >= 4 is 11.9 Å². The number of nitrogens with zero attached hydrogens (tertiary/aromatic N) is 2. The SMILES string of the molecule is COCc1cccc(-c2n[nH]c3c2CCN(C(=O)C2CCCCC2)CC3)c1.O=C(O)C(F)(F)F. The van der Waals surface area contributed by atoms with Crippen LogP contribution in [0.3, 0.4) is 0 Å². The molecule has 1 aliphatic heterocycles. The summed E-state index contributed by atoms with van der Waals surface area (Å²) in [4.78, 5) is 23.9. The highest BCUT2D eigenvalue weighted by atomic mass is 19.4. The predicted molar refractivity (Wildman–Crippen MR) is 119 cm³/mol. The normalized spacial score (nSPS) is 16.8. The molecule has 0 saturated heterocycles. The van der Waals surface area contributed by atoms with Gasteiger partial charge in [0.2, 0.25) is 5.91 Å². The van der Waals surface area contributed by atoms with Gasteiger partial charge in [0.1, 0.15) is 0 Å². The van der Waals surface area contributed by atoms with Gasteiger partial charge in [0, 0.05) is 49.4 Å². The number of rotatable bonds is 4. The van der Waals surface area contributed by atoms with E-state index in [9.17, 15) is 18.0 Å². The Morgan fingerprint density at radius 1 is 1.18 bits per heavy atom. The molecule has 0 bridgehead atoms. The summed E-state index contributed by atoms with van der Waals surface area (Å²) in [5, 5.41) is 15.0. The second kappa shape index (κ2) is 11.5. The van der Waals surface area contributed by atoms with Crippen LogP contribution in [0.2, 0.25) is 0 Å². The second-order valence-corrected chi connectivity index (χ2v) is 8.63. The van der Waals surface area contributed by atoms with Crippen molar-refractivity contribution in [3.05, 3.63) is 41.1 Å². The van der Waals surface area contributed by atoms with E-state index in [-0.39, 0.29) is 5.92 Å². The number of aromatic amines is 1. The van der Waals surface area contributed by atoms with Gasteiger partial charge in [-0.1, -0.05) is 37.5 Å². The lowest BCUT2D eigenvalue weighted by molar-refractivity contribution is -0.192. The zero-order valence-corrected chi connectivity index (χ0v) is 19.2. The fourth-order valence-corrected chi connectivity index (χ4v) is 4.52. The molecule has 1 aromatic carbocycles. The molecule has 1 saturated carbocycles. The standard InChI is InChI=1S/C22H29N3O2.C2HF3O2/c1-27-15-16-6-5-9-18(14-16)21-19-10-12-25(13-11-20(19)23-24-21)22(26)17-7-3-2-4-8-17;3-2(4,5)1(6)7/h5-6,9,14,17H,2-4,7-8,10-13,15H2,1H3,(H,23,24);(H,6,7). The van der Waals surface area contributed by atoms with Gasteiger partial charge in [-0.05, 0) is 30.9 Å². The van der Waals surface area contributed by atoms with Crippen LogP contribution in [-0.4, -0.2) is 58.5 Å². The number of alkyl halides is 3. The molecule has 1 aliphatic carbocycles. The highest BCUT2D eigenvalue weighted by Gasteiger charge is 2.38. The molecule has 1 aromatic heterocycles. The number of carboxylic acids is 1.